The second kappa shape index (κ2) is 5.34. The van der Waals surface area contributed by atoms with E-state index in [1.54, 1.807) is 0 Å². The molecule has 11 heavy (non-hydrogen) atoms. The summed E-state index contributed by atoms with van der Waals surface area (Å²) in [5.74, 6) is 0. The van der Waals surface area contributed by atoms with Crippen molar-refractivity contribution in [1.82, 2.24) is 4.57 Å². The first kappa shape index (κ1) is 9.55. The molecule has 0 atom stereocenters. The maximum Gasteiger partial charge on any atom is 0.505 e. The summed E-state index contributed by atoms with van der Waals surface area (Å²) in [6, 6.07) is 4.00. The molecule has 0 saturated carbocycles. The lowest BCUT2D eigenvalue weighted by atomic mass is 10.7. The summed E-state index contributed by atoms with van der Waals surface area (Å²) in [7, 11) is 3.10. The molecule has 0 amide bonds. The van der Waals surface area contributed by atoms with E-state index in [-0.39, 0.29) is 0 Å². The molecule has 0 aliphatic rings. The molecule has 0 fully saturated rings. The van der Waals surface area contributed by atoms with Gasteiger partial charge in [0.25, 0.3) is 0 Å². The number of aromatic nitrogens is 1. The Balaban J connectivity index is 0.000000187. The SMILES string of the molecule is COC(=O)O.Cn1cccc1. The van der Waals surface area contributed by atoms with Gasteiger partial charge in [0.2, 0.25) is 0 Å². The average molecular weight is 157 g/mol. The van der Waals surface area contributed by atoms with Crippen LogP contribution in [0, 0.1) is 0 Å². The van der Waals surface area contributed by atoms with E-state index >= 15 is 0 Å². The van der Waals surface area contributed by atoms with Crippen LogP contribution in [0.3, 0.4) is 0 Å². The molecule has 4 nitrogen and oxygen atoms in total. The van der Waals surface area contributed by atoms with Crippen LogP contribution in [0.2, 0.25) is 0 Å². The van der Waals surface area contributed by atoms with E-state index in [9.17, 15) is 0 Å². The molecular formula is C7H11NO3. The van der Waals surface area contributed by atoms with Crippen LogP contribution >= 0.6 is 0 Å². The number of hydrogen-bond donors (Lipinski definition) is 1. The van der Waals surface area contributed by atoms with Gasteiger partial charge in [-0.25, -0.2) is 4.79 Å². The second-order valence-electron chi connectivity index (χ2n) is 1.82. The first-order chi connectivity index (χ1) is 5.16. The molecule has 1 aromatic rings. The van der Waals surface area contributed by atoms with Gasteiger partial charge in [-0.1, -0.05) is 0 Å². The molecule has 1 aromatic heterocycles. The molecular weight excluding hydrogens is 146 g/mol. The van der Waals surface area contributed by atoms with Gasteiger partial charge in [0.05, 0.1) is 7.11 Å². The van der Waals surface area contributed by atoms with Crippen molar-refractivity contribution in [2.75, 3.05) is 7.11 Å². The van der Waals surface area contributed by atoms with Crippen LogP contribution in [-0.2, 0) is 11.8 Å². The predicted octanol–water partition coefficient (Wildman–Crippen LogP) is 1.34. The lowest BCUT2D eigenvalue weighted by molar-refractivity contribution is 0.114. The summed E-state index contributed by atoms with van der Waals surface area (Å²) in [4.78, 5) is 9.15. The third kappa shape index (κ3) is 6.44. The minimum atomic E-state index is -1.25. The number of ether oxygens (including phenoxy) is 1. The molecule has 0 saturated heterocycles. The van der Waals surface area contributed by atoms with Crippen LogP contribution in [0.25, 0.3) is 0 Å². The zero-order valence-electron chi connectivity index (χ0n) is 6.52. The molecule has 1 rings (SSSR count). The number of methoxy groups -OCH3 is 1. The highest BCUT2D eigenvalue weighted by molar-refractivity contribution is 5.56. The Labute approximate surface area is 65.0 Å². The molecule has 0 aliphatic carbocycles. The monoisotopic (exact) mass is 157 g/mol. The van der Waals surface area contributed by atoms with Gasteiger partial charge < -0.3 is 14.4 Å². The highest BCUT2D eigenvalue weighted by Gasteiger charge is 1.80. The normalized spacial score (nSPS) is 7.82. The average Bonchev–Trinajstić information content (AvgIpc) is 2.41. The van der Waals surface area contributed by atoms with E-state index in [4.69, 9.17) is 9.90 Å². The predicted molar refractivity (Wildman–Crippen MR) is 40.4 cm³/mol. The minimum Gasteiger partial charge on any atom is -0.450 e. The molecule has 0 aromatic carbocycles. The molecule has 0 bridgehead atoms. The Morgan fingerprint density at radius 1 is 1.45 bits per heavy atom. The zero-order valence-corrected chi connectivity index (χ0v) is 6.52. The van der Waals surface area contributed by atoms with Crippen molar-refractivity contribution in [2.24, 2.45) is 7.05 Å². The van der Waals surface area contributed by atoms with Gasteiger partial charge in [-0.05, 0) is 12.1 Å². The standard InChI is InChI=1S/C5H7N.C2H4O3/c1-6-4-2-3-5-6;1-5-2(3)4/h2-5H,1H3;1H3,(H,3,4). The summed E-state index contributed by atoms with van der Waals surface area (Å²) in [6.07, 6.45) is 2.75. The topological polar surface area (TPSA) is 51.5 Å². The van der Waals surface area contributed by atoms with Gasteiger partial charge in [-0.2, -0.15) is 0 Å². The van der Waals surface area contributed by atoms with E-state index < -0.39 is 6.16 Å². The summed E-state index contributed by atoms with van der Waals surface area (Å²) in [5, 5.41) is 7.50. The fraction of sp³-hybridized carbons (Fsp3) is 0.286. The zero-order chi connectivity index (χ0) is 8.69. The van der Waals surface area contributed by atoms with Crippen molar-refractivity contribution < 1.29 is 14.6 Å². The number of carboxylic acid groups (broad SMARTS) is 1. The highest BCUT2D eigenvalue weighted by atomic mass is 16.6. The minimum absolute atomic E-state index is 1.10. The van der Waals surface area contributed by atoms with Crippen LogP contribution in [0.4, 0.5) is 4.79 Å². The van der Waals surface area contributed by atoms with Crippen LogP contribution in [0.1, 0.15) is 0 Å². The molecule has 1 heterocycles. The molecule has 0 aliphatic heterocycles. The fourth-order valence-corrected chi connectivity index (χ4v) is 0.421. The van der Waals surface area contributed by atoms with Crippen molar-refractivity contribution in [2.45, 2.75) is 0 Å². The van der Waals surface area contributed by atoms with Crippen molar-refractivity contribution in [1.29, 1.82) is 0 Å². The van der Waals surface area contributed by atoms with Gasteiger partial charge >= 0.3 is 6.16 Å². The van der Waals surface area contributed by atoms with Crippen molar-refractivity contribution in [3.05, 3.63) is 24.5 Å². The molecule has 0 spiro atoms. The third-order valence-corrected chi connectivity index (χ3v) is 0.928. The van der Waals surface area contributed by atoms with Gasteiger partial charge in [0.1, 0.15) is 0 Å². The number of hydrogen-bond acceptors (Lipinski definition) is 2. The van der Waals surface area contributed by atoms with E-state index in [2.05, 4.69) is 4.74 Å². The molecule has 4 heteroatoms. The smallest absolute Gasteiger partial charge is 0.450 e. The lowest BCUT2D eigenvalue weighted by Gasteiger charge is -1.79. The van der Waals surface area contributed by atoms with Gasteiger partial charge in [0, 0.05) is 19.4 Å². The Hall–Kier alpha value is -1.45. The van der Waals surface area contributed by atoms with E-state index in [1.165, 1.54) is 0 Å². The maximum absolute atomic E-state index is 9.15. The van der Waals surface area contributed by atoms with E-state index in [0.29, 0.717) is 0 Å². The van der Waals surface area contributed by atoms with Crippen LogP contribution in [0.15, 0.2) is 24.5 Å². The number of rotatable bonds is 0. The first-order valence-corrected chi connectivity index (χ1v) is 3.00. The van der Waals surface area contributed by atoms with E-state index in [1.807, 2.05) is 36.1 Å². The highest BCUT2D eigenvalue weighted by Crippen LogP contribution is 1.80. The summed E-state index contributed by atoms with van der Waals surface area (Å²) >= 11 is 0. The van der Waals surface area contributed by atoms with Gasteiger partial charge in [-0.3, -0.25) is 0 Å². The fourth-order valence-electron chi connectivity index (χ4n) is 0.421. The lowest BCUT2D eigenvalue weighted by Crippen LogP contribution is -1.91. The van der Waals surface area contributed by atoms with Crippen molar-refractivity contribution in [3.63, 3.8) is 0 Å². The van der Waals surface area contributed by atoms with E-state index in [0.717, 1.165) is 7.11 Å². The Kier molecular flexibility index (Phi) is 4.64. The van der Waals surface area contributed by atoms with Crippen molar-refractivity contribution in [3.8, 4) is 0 Å². The molecule has 1 N–H and O–H groups in total. The molecule has 62 valence electrons. The summed E-state index contributed by atoms with van der Waals surface area (Å²) < 4.78 is 5.67. The Bertz CT molecular complexity index is 193. The summed E-state index contributed by atoms with van der Waals surface area (Å²) in [6.45, 7) is 0. The Morgan fingerprint density at radius 3 is 1.91 bits per heavy atom. The van der Waals surface area contributed by atoms with Gasteiger partial charge in [0.15, 0.2) is 0 Å². The largest absolute Gasteiger partial charge is 0.505 e. The quantitative estimate of drug-likeness (QED) is 0.578. The number of carbonyl (C=O) groups is 1. The van der Waals surface area contributed by atoms with Crippen molar-refractivity contribution >= 4 is 6.16 Å². The Morgan fingerprint density at radius 2 is 1.82 bits per heavy atom. The molecule has 0 unspecified atom stereocenters. The van der Waals surface area contributed by atoms with Gasteiger partial charge in [-0.15, -0.1) is 0 Å². The summed E-state index contributed by atoms with van der Waals surface area (Å²) in [5.41, 5.74) is 0. The first-order valence-electron chi connectivity index (χ1n) is 3.00. The number of nitrogens with zero attached hydrogens (tertiary/aromatic N) is 1. The molecule has 0 radical (unpaired) electrons. The number of aryl methyl sites for hydroxylation is 1. The second-order valence-corrected chi connectivity index (χ2v) is 1.82. The third-order valence-electron chi connectivity index (χ3n) is 0.928. The van der Waals surface area contributed by atoms with Crippen LogP contribution in [0.5, 0.6) is 0 Å². The van der Waals surface area contributed by atoms with Crippen LogP contribution in [-0.4, -0.2) is 22.9 Å². The van der Waals surface area contributed by atoms with Crippen LogP contribution < -0.4 is 0 Å². The maximum atomic E-state index is 9.15.